The van der Waals surface area contributed by atoms with Crippen molar-refractivity contribution >= 4 is 5.91 Å². The highest BCUT2D eigenvalue weighted by Gasteiger charge is 2.11. The van der Waals surface area contributed by atoms with E-state index in [4.69, 9.17) is 9.47 Å². The maximum atomic E-state index is 12.1. The first-order valence-corrected chi connectivity index (χ1v) is 7.21. The summed E-state index contributed by atoms with van der Waals surface area (Å²) >= 11 is 0. The predicted octanol–water partition coefficient (Wildman–Crippen LogP) is 2.21. The average molecular weight is 294 g/mol. The minimum absolute atomic E-state index is 0.0487. The van der Waals surface area contributed by atoms with Gasteiger partial charge < -0.3 is 20.1 Å². The van der Waals surface area contributed by atoms with Crippen molar-refractivity contribution < 1.29 is 14.3 Å². The Hall–Kier alpha value is -1.75. The Bertz CT molecular complexity index is 467. The normalized spacial score (nSPS) is 11.1. The molecule has 0 bridgehead atoms. The van der Waals surface area contributed by atoms with Gasteiger partial charge in [-0.3, -0.25) is 4.79 Å². The van der Waals surface area contributed by atoms with Gasteiger partial charge in [-0.1, -0.05) is 0 Å². The molecule has 1 aromatic rings. The van der Waals surface area contributed by atoms with Crippen molar-refractivity contribution in [1.29, 1.82) is 0 Å². The predicted molar refractivity (Wildman–Crippen MR) is 84.3 cm³/mol. The molecule has 118 valence electrons. The van der Waals surface area contributed by atoms with Gasteiger partial charge >= 0.3 is 0 Å². The first-order valence-electron chi connectivity index (χ1n) is 7.21. The van der Waals surface area contributed by atoms with Crippen molar-refractivity contribution in [2.45, 2.75) is 33.2 Å². The summed E-state index contributed by atoms with van der Waals surface area (Å²) in [6.07, 6.45) is 0. The summed E-state index contributed by atoms with van der Waals surface area (Å²) in [5, 5.41) is 6.19. The van der Waals surface area contributed by atoms with Gasteiger partial charge in [0, 0.05) is 24.2 Å². The van der Waals surface area contributed by atoms with Crippen LogP contribution in [0.15, 0.2) is 18.2 Å². The average Bonchev–Trinajstić information content (AvgIpc) is 2.43. The lowest BCUT2D eigenvalue weighted by molar-refractivity contribution is 0.0952. The Kier molecular flexibility index (Phi) is 6.49. The van der Waals surface area contributed by atoms with Crippen LogP contribution in [0, 0.1) is 0 Å². The van der Waals surface area contributed by atoms with Gasteiger partial charge in [0.25, 0.3) is 5.91 Å². The van der Waals surface area contributed by atoms with E-state index in [1.54, 1.807) is 25.3 Å². The van der Waals surface area contributed by atoms with E-state index in [1.165, 1.54) is 0 Å². The zero-order valence-corrected chi connectivity index (χ0v) is 13.6. The lowest BCUT2D eigenvalue weighted by Crippen LogP contribution is -2.41. The van der Waals surface area contributed by atoms with E-state index in [0.717, 1.165) is 6.54 Å². The first kappa shape index (κ1) is 17.3. The third kappa shape index (κ3) is 6.04. The number of amides is 1. The number of carbonyl (C=O) groups is 1. The molecule has 1 rings (SSSR count). The molecule has 0 aliphatic carbocycles. The smallest absolute Gasteiger partial charge is 0.251 e. The van der Waals surface area contributed by atoms with Crippen LogP contribution in [0.4, 0.5) is 0 Å². The van der Waals surface area contributed by atoms with E-state index >= 15 is 0 Å². The van der Waals surface area contributed by atoms with Crippen molar-refractivity contribution in [3.05, 3.63) is 23.8 Å². The van der Waals surface area contributed by atoms with Crippen LogP contribution in [0.25, 0.3) is 0 Å². The van der Waals surface area contributed by atoms with Gasteiger partial charge in [0.1, 0.15) is 0 Å². The summed E-state index contributed by atoms with van der Waals surface area (Å²) in [4.78, 5) is 12.1. The standard InChI is InChI=1S/C16H26N2O3/c1-6-21-13-8-7-12(11-14(13)20-5)15(19)17-9-10-18-16(2,3)4/h7-8,11,18H,6,9-10H2,1-5H3,(H,17,19). The van der Waals surface area contributed by atoms with E-state index in [1.807, 2.05) is 6.92 Å². The zero-order valence-electron chi connectivity index (χ0n) is 13.6. The van der Waals surface area contributed by atoms with Crippen LogP contribution in [-0.4, -0.2) is 38.3 Å². The van der Waals surface area contributed by atoms with Crippen LogP contribution >= 0.6 is 0 Å². The van der Waals surface area contributed by atoms with Crippen LogP contribution in [0.5, 0.6) is 11.5 Å². The molecule has 0 aromatic heterocycles. The minimum atomic E-state index is -0.118. The monoisotopic (exact) mass is 294 g/mol. The topological polar surface area (TPSA) is 59.6 Å². The largest absolute Gasteiger partial charge is 0.493 e. The summed E-state index contributed by atoms with van der Waals surface area (Å²) in [5.74, 6) is 1.09. The lowest BCUT2D eigenvalue weighted by Gasteiger charge is -2.20. The van der Waals surface area contributed by atoms with Gasteiger partial charge in [-0.15, -0.1) is 0 Å². The van der Waals surface area contributed by atoms with Gasteiger partial charge in [0.2, 0.25) is 0 Å². The molecule has 0 radical (unpaired) electrons. The highest BCUT2D eigenvalue weighted by atomic mass is 16.5. The van der Waals surface area contributed by atoms with Crippen molar-refractivity contribution in [3.63, 3.8) is 0 Å². The maximum Gasteiger partial charge on any atom is 0.251 e. The molecular formula is C16H26N2O3. The van der Waals surface area contributed by atoms with E-state index in [2.05, 4.69) is 31.4 Å². The number of ether oxygens (including phenoxy) is 2. The second-order valence-electron chi connectivity index (χ2n) is 5.73. The van der Waals surface area contributed by atoms with Crippen molar-refractivity contribution in [1.82, 2.24) is 10.6 Å². The number of carbonyl (C=O) groups excluding carboxylic acids is 1. The summed E-state index contributed by atoms with van der Waals surface area (Å²) in [5.41, 5.74) is 0.610. The maximum absolute atomic E-state index is 12.1. The van der Waals surface area contributed by atoms with Gasteiger partial charge in [0.15, 0.2) is 11.5 Å². The summed E-state index contributed by atoms with van der Waals surface area (Å²) in [6.45, 7) is 10.0. The molecule has 0 unspecified atom stereocenters. The molecule has 0 atom stereocenters. The molecule has 1 aromatic carbocycles. The molecule has 1 amide bonds. The summed E-state index contributed by atoms with van der Waals surface area (Å²) < 4.78 is 10.7. The number of hydrogen-bond acceptors (Lipinski definition) is 4. The number of hydrogen-bond donors (Lipinski definition) is 2. The van der Waals surface area contributed by atoms with E-state index < -0.39 is 0 Å². The van der Waals surface area contributed by atoms with E-state index in [9.17, 15) is 4.79 Å². The molecule has 0 aliphatic heterocycles. The molecular weight excluding hydrogens is 268 g/mol. The van der Waals surface area contributed by atoms with Gasteiger partial charge in [-0.2, -0.15) is 0 Å². The molecule has 5 heteroatoms. The lowest BCUT2D eigenvalue weighted by atomic mass is 10.1. The number of benzene rings is 1. The van der Waals surface area contributed by atoms with E-state index in [-0.39, 0.29) is 11.4 Å². The molecule has 0 heterocycles. The Morgan fingerprint density at radius 1 is 1.19 bits per heavy atom. The summed E-state index contributed by atoms with van der Waals surface area (Å²) in [7, 11) is 1.56. The molecule has 0 saturated heterocycles. The second kappa shape index (κ2) is 7.88. The number of methoxy groups -OCH3 is 1. The highest BCUT2D eigenvalue weighted by molar-refractivity contribution is 5.94. The van der Waals surface area contributed by atoms with E-state index in [0.29, 0.717) is 30.2 Å². The van der Waals surface area contributed by atoms with Gasteiger partial charge in [-0.25, -0.2) is 0 Å². The van der Waals surface area contributed by atoms with Crippen LogP contribution < -0.4 is 20.1 Å². The second-order valence-corrected chi connectivity index (χ2v) is 5.73. The highest BCUT2D eigenvalue weighted by Crippen LogP contribution is 2.27. The van der Waals surface area contributed by atoms with Crippen molar-refractivity contribution in [2.75, 3.05) is 26.8 Å². The van der Waals surface area contributed by atoms with Crippen molar-refractivity contribution in [2.24, 2.45) is 0 Å². The van der Waals surface area contributed by atoms with Crippen LogP contribution in [-0.2, 0) is 0 Å². The van der Waals surface area contributed by atoms with Gasteiger partial charge in [0.05, 0.1) is 13.7 Å². The van der Waals surface area contributed by atoms with Gasteiger partial charge in [-0.05, 0) is 45.9 Å². The molecule has 0 fully saturated rings. The Balaban J connectivity index is 2.58. The third-order valence-corrected chi connectivity index (χ3v) is 2.79. The molecule has 0 saturated carbocycles. The molecule has 0 spiro atoms. The number of nitrogens with one attached hydrogen (secondary N) is 2. The molecule has 21 heavy (non-hydrogen) atoms. The SMILES string of the molecule is CCOc1ccc(C(=O)NCCNC(C)(C)C)cc1OC. The zero-order chi connectivity index (χ0) is 15.9. The molecule has 2 N–H and O–H groups in total. The Morgan fingerprint density at radius 2 is 1.90 bits per heavy atom. The van der Waals surface area contributed by atoms with Crippen LogP contribution in [0.2, 0.25) is 0 Å². The Labute approximate surface area is 127 Å². The Morgan fingerprint density at radius 3 is 2.48 bits per heavy atom. The van der Waals surface area contributed by atoms with Crippen molar-refractivity contribution in [3.8, 4) is 11.5 Å². The first-order chi connectivity index (χ1) is 9.87. The number of rotatable bonds is 7. The fourth-order valence-electron chi connectivity index (χ4n) is 1.80. The summed E-state index contributed by atoms with van der Waals surface area (Å²) in [6, 6.07) is 5.18. The molecule has 5 nitrogen and oxygen atoms in total. The minimum Gasteiger partial charge on any atom is -0.493 e. The van der Waals surface area contributed by atoms with Crippen LogP contribution in [0.1, 0.15) is 38.1 Å². The molecule has 0 aliphatic rings. The quantitative estimate of drug-likeness (QED) is 0.757. The fraction of sp³-hybridized carbons (Fsp3) is 0.562. The third-order valence-electron chi connectivity index (χ3n) is 2.79. The fourth-order valence-corrected chi connectivity index (χ4v) is 1.80. The van der Waals surface area contributed by atoms with Crippen LogP contribution in [0.3, 0.4) is 0 Å².